The molecule has 0 saturated carbocycles. The number of allylic oxidation sites excluding steroid dienone is 2. The van der Waals surface area contributed by atoms with E-state index in [1.54, 1.807) is 6.92 Å². The van der Waals surface area contributed by atoms with Crippen LogP contribution in [0.1, 0.15) is 43.8 Å². The molecule has 1 heterocycles. The first-order valence-electron chi connectivity index (χ1n) is 6.83. The summed E-state index contributed by atoms with van der Waals surface area (Å²) < 4.78 is 11.1. The van der Waals surface area contributed by atoms with Gasteiger partial charge in [0.05, 0.1) is 30.5 Å². The number of hydrogen-bond donors (Lipinski definition) is 0. The maximum atomic E-state index is 12.3. The Kier molecular flexibility index (Phi) is 4.59. The van der Waals surface area contributed by atoms with E-state index in [1.165, 1.54) is 24.8 Å². The zero-order valence-corrected chi connectivity index (χ0v) is 12.9. The maximum Gasteiger partial charge on any atom is 0.330 e. The second-order valence-electron chi connectivity index (χ2n) is 4.69. The number of aldehydes is 1. The van der Waals surface area contributed by atoms with Crippen molar-refractivity contribution < 1.29 is 28.7 Å². The largest absolute Gasteiger partial charge is 0.492 e. The topological polar surface area (TPSA) is 91.7 Å². The molecule has 0 aliphatic heterocycles. The van der Waals surface area contributed by atoms with Gasteiger partial charge in [0, 0.05) is 19.2 Å². The third-order valence-corrected chi connectivity index (χ3v) is 3.43. The summed E-state index contributed by atoms with van der Waals surface area (Å²) in [5.41, 5.74) is 0.367. The van der Waals surface area contributed by atoms with Gasteiger partial charge >= 0.3 is 5.97 Å². The molecule has 0 atom stereocenters. The molecule has 2 rings (SSSR count). The van der Waals surface area contributed by atoms with Crippen LogP contribution in [-0.2, 0) is 21.3 Å². The fourth-order valence-corrected chi connectivity index (χ4v) is 2.43. The Hall–Kier alpha value is -2.96. The minimum Gasteiger partial charge on any atom is -0.492 e. The van der Waals surface area contributed by atoms with E-state index in [4.69, 9.17) is 9.47 Å². The summed E-state index contributed by atoms with van der Waals surface area (Å²) in [6.07, 6.45) is 4.04. The molecule has 1 aromatic rings. The predicted molar refractivity (Wildman–Crippen MR) is 80.2 cm³/mol. The number of carbonyl (C=O) groups is 4. The van der Waals surface area contributed by atoms with E-state index < -0.39 is 17.5 Å². The van der Waals surface area contributed by atoms with Crippen LogP contribution < -0.4 is 0 Å². The number of aromatic nitrogens is 1. The van der Waals surface area contributed by atoms with Crippen LogP contribution in [0.15, 0.2) is 17.9 Å². The number of ether oxygens (including phenoxy) is 2. The van der Waals surface area contributed by atoms with Crippen LogP contribution in [0, 0.1) is 0 Å². The maximum absolute atomic E-state index is 12.3. The summed E-state index contributed by atoms with van der Waals surface area (Å²) >= 11 is 0. The highest BCUT2D eigenvalue weighted by Crippen LogP contribution is 2.29. The molecule has 0 N–H and O–H groups in total. The summed E-state index contributed by atoms with van der Waals surface area (Å²) in [4.78, 5) is 47.4. The summed E-state index contributed by atoms with van der Waals surface area (Å²) in [7, 11) is 2.81. The fraction of sp³-hybridized carbons (Fsp3) is 0.250. The molecule has 0 aromatic carbocycles. The highest BCUT2D eigenvalue weighted by molar-refractivity contribution is 6.26. The Morgan fingerprint density at radius 2 is 2.04 bits per heavy atom. The normalized spacial score (nSPS) is 13.8. The average molecular weight is 317 g/mol. The van der Waals surface area contributed by atoms with Crippen molar-refractivity contribution in [3.8, 4) is 0 Å². The van der Waals surface area contributed by atoms with Crippen molar-refractivity contribution in [3.63, 3.8) is 0 Å². The van der Waals surface area contributed by atoms with Gasteiger partial charge in [-0.2, -0.15) is 0 Å². The number of nitrogens with zero attached hydrogens (tertiary/aromatic N) is 1. The summed E-state index contributed by atoms with van der Waals surface area (Å²) in [6.45, 7) is 1.88. The van der Waals surface area contributed by atoms with Gasteiger partial charge in [0.1, 0.15) is 5.69 Å². The monoisotopic (exact) mass is 317 g/mol. The molecule has 0 unspecified atom stereocenters. The molecule has 0 bridgehead atoms. The summed E-state index contributed by atoms with van der Waals surface area (Å²) in [5, 5.41) is 0. The number of esters is 1. The van der Waals surface area contributed by atoms with Crippen molar-refractivity contribution in [2.75, 3.05) is 13.7 Å². The Bertz CT molecular complexity index is 766. The smallest absolute Gasteiger partial charge is 0.330 e. The molecule has 120 valence electrons. The first-order chi connectivity index (χ1) is 11.0. The highest BCUT2D eigenvalue weighted by Gasteiger charge is 2.34. The average Bonchev–Trinajstić information content (AvgIpc) is 2.81. The lowest BCUT2D eigenvalue weighted by Gasteiger charge is -2.12. The number of hydrogen-bond acceptors (Lipinski definition) is 6. The Morgan fingerprint density at radius 3 is 2.61 bits per heavy atom. The highest BCUT2D eigenvalue weighted by atomic mass is 16.5. The van der Waals surface area contributed by atoms with E-state index in [1.807, 2.05) is 0 Å². The molecular formula is C16H15NO6. The Morgan fingerprint density at radius 1 is 1.35 bits per heavy atom. The molecule has 1 aromatic heterocycles. The second-order valence-corrected chi connectivity index (χ2v) is 4.69. The van der Waals surface area contributed by atoms with Crippen LogP contribution in [0.2, 0.25) is 0 Å². The fourth-order valence-electron chi connectivity index (χ4n) is 2.43. The van der Waals surface area contributed by atoms with Crippen molar-refractivity contribution in [1.29, 1.82) is 0 Å². The van der Waals surface area contributed by atoms with Crippen LogP contribution in [0.5, 0.6) is 0 Å². The van der Waals surface area contributed by atoms with Gasteiger partial charge in [-0.1, -0.05) is 0 Å². The minimum atomic E-state index is -0.586. The van der Waals surface area contributed by atoms with E-state index in [0.717, 1.165) is 12.2 Å². The minimum absolute atomic E-state index is 0.0182. The van der Waals surface area contributed by atoms with E-state index in [2.05, 4.69) is 0 Å². The Balaban J connectivity index is 2.59. The van der Waals surface area contributed by atoms with Gasteiger partial charge in [0.2, 0.25) is 11.6 Å². The molecule has 1 aliphatic rings. The van der Waals surface area contributed by atoms with Gasteiger partial charge in [0.25, 0.3) is 0 Å². The zero-order valence-electron chi connectivity index (χ0n) is 12.9. The van der Waals surface area contributed by atoms with Crippen molar-refractivity contribution >= 4 is 29.9 Å². The standard InChI is InChI=1S/C16H15NO6/c1-4-23-13(20)6-5-10-9(8-18)14-15(17(10)2)11(19)7-12(22-3)16(14)21/h5-8H,4H2,1-3H3/b6-5+. The van der Waals surface area contributed by atoms with Crippen LogP contribution in [0.4, 0.5) is 0 Å². The number of Topliss-reactive ketones (excluding diaryl/α,β-unsaturated/α-hetero) is 1. The molecular weight excluding hydrogens is 302 g/mol. The molecule has 7 nitrogen and oxygen atoms in total. The molecule has 0 spiro atoms. The second kappa shape index (κ2) is 6.43. The van der Waals surface area contributed by atoms with E-state index in [0.29, 0.717) is 6.29 Å². The molecule has 1 aliphatic carbocycles. The third kappa shape index (κ3) is 2.73. The summed E-state index contributed by atoms with van der Waals surface area (Å²) in [6, 6.07) is 0. The van der Waals surface area contributed by atoms with Gasteiger partial charge in [0.15, 0.2) is 12.0 Å². The first kappa shape index (κ1) is 16.4. The molecule has 0 fully saturated rings. The predicted octanol–water partition coefficient (Wildman–Crippen LogP) is 1.32. The van der Waals surface area contributed by atoms with Crippen molar-refractivity contribution in [2.24, 2.45) is 7.05 Å². The van der Waals surface area contributed by atoms with Gasteiger partial charge < -0.3 is 14.0 Å². The molecule has 0 radical (unpaired) electrons. The lowest BCUT2D eigenvalue weighted by molar-refractivity contribution is -0.137. The van der Waals surface area contributed by atoms with Gasteiger partial charge in [-0.05, 0) is 13.0 Å². The van der Waals surface area contributed by atoms with E-state index in [9.17, 15) is 19.2 Å². The number of ketones is 2. The Labute approximate surface area is 132 Å². The van der Waals surface area contributed by atoms with Gasteiger partial charge in [-0.15, -0.1) is 0 Å². The third-order valence-electron chi connectivity index (χ3n) is 3.43. The lowest BCUT2D eigenvalue weighted by Crippen LogP contribution is -2.19. The number of fused-ring (bicyclic) bond motifs is 1. The van der Waals surface area contributed by atoms with Crippen LogP contribution in [0.25, 0.3) is 6.08 Å². The van der Waals surface area contributed by atoms with E-state index >= 15 is 0 Å². The molecule has 0 saturated heterocycles. The van der Waals surface area contributed by atoms with Crippen LogP contribution in [-0.4, -0.2) is 42.1 Å². The quantitative estimate of drug-likeness (QED) is 0.462. The molecule has 7 heteroatoms. The van der Waals surface area contributed by atoms with Gasteiger partial charge in [-0.3, -0.25) is 14.4 Å². The van der Waals surface area contributed by atoms with Crippen molar-refractivity contribution in [2.45, 2.75) is 6.92 Å². The summed E-state index contributed by atoms with van der Waals surface area (Å²) in [5.74, 6) is -1.71. The zero-order chi connectivity index (χ0) is 17.1. The molecule has 0 amide bonds. The van der Waals surface area contributed by atoms with Crippen LogP contribution >= 0.6 is 0 Å². The van der Waals surface area contributed by atoms with Crippen molar-refractivity contribution in [3.05, 3.63) is 40.4 Å². The number of methoxy groups -OCH3 is 1. The lowest BCUT2D eigenvalue weighted by atomic mass is 9.96. The van der Waals surface area contributed by atoms with Crippen molar-refractivity contribution in [1.82, 2.24) is 4.57 Å². The molecule has 23 heavy (non-hydrogen) atoms. The number of carbonyl (C=O) groups excluding carboxylic acids is 4. The first-order valence-corrected chi connectivity index (χ1v) is 6.83. The van der Waals surface area contributed by atoms with Crippen LogP contribution in [0.3, 0.4) is 0 Å². The van der Waals surface area contributed by atoms with Gasteiger partial charge in [-0.25, -0.2) is 4.79 Å². The van der Waals surface area contributed by atoms with E-state index in [-0.39, 0.29) is 34.9 Å². The SMILES string of the molecule is CCOC(=O)/C=C/c1c(C=O)c2c(n1C)C(=O)C=C(OC)C2=O. The number of rotatable bonds is 5.